The van der Waals surface area contributed by atoms with E-state index in [0.717, 1.165) is 24.1 Å². The topological polar surface area (TPSA) is 190 Å². The highest BCUT2D eigenvalue weighted by molar-refractivity contribution is 7.89. The fourth-order valence-corrected chi connectivity index (χ4v) is 6.90. The monoisotopic (exact) mass is 606 g/mol. The molecule has 0 radical (unpaired) electrons. The maximum absolute atomic E-state index is 13.7. The van der Waals surface area contributed by atoms with E-state index >= 15 is 0 Å². The summed E-state index contributed by atoms with van der Waals surface area (Å²) in [6.45, 7) is 5.57. The average Bonchev–Trinajstić information content (AvgIpc) is 3.23. The van der Waals surface area contributed by atoms with Gasteiger partial charge in [-0.1, -0.05) is 20.3 Å². The van der Waals surface area contributed by atoms with E-state index in [1.54, 1.807) is 36.0 Å². The lowest BCUT2D eigenvalue weighted by molar-refractivity contribution is -0.850. The van der Waals surface area contributed by atoms with Gasteiger partial charge in [-0.05, 0) is 56.2 Å². The fraction of sp³-hybridized carbons (Fsp3) is 0.536. The molecular formula is C28H42N6O7S. The molecule has 232 valence electrons. The number of aliphatic imine (C=N–C) groups is 1. The number of aromatic nitrogens is 3. The highest BCUT2D eigenvalue weighted by atomic mass is 32.2. The van der Waals surface area contributed by atoms with Crippen LogP contribution in [-0.4, -0.2) is 72.3 Å². The summed E-state index contributed by atoms with van der Waals surface area (Å²) in [5.41, 5.74) is 3.27. The second kappa shape index (κ2) is 14.8. The van der Waals surface area contributed by atoms with E-state index in [4.69, 9.17) is 14.6 Å². The van der Waals surface area contributed by atoms with Crippen LogP contribution >= 0.6 is 0 Å². The van der Waals surface area contributed by atoms with Gasteiger partial charge in [-0.3, -0.25) is 9.79 Å². The first kappa shape index (κ1) is 33.4. The lowest BCUT2D eigenvalue weighted by atomic mass is 9.95. The predicted molar refractivity (Wildman–Crippen MR) is 161 cm³/mol. The van der Waals surface area contributed by atoms with Gasteiger partial charge in [0.05, 0.1) is 22.8 Å². The maximum atomic E-state index is 13.7. The van der Waals surface area contributed by atoms with Crippen molar-refractivity contribution in [2.24, 2.45) is 18.0 Å². The van der Waals surface area contributed by atoms with Crippen molar-refractivity contribution in [3.63, 3.8) is 0 Å². The van der Waals surface area contributed by atoms with Gasteiger partial charge < -0.3 is 25.0 Å². The number of H-pyrrole nitrogens is 1. The molecule has 0 spiro atoms. The van der Waals surface area contributed by atoms with Crippen LogP contribution in [0.1, 0.15) is 57.2 Å². The number of hydrogen-bond donors (Lipinski definition) is 2. The molecule has 0 saturated carbocycles. The molecule has 1 aromatic carbocycles. The molecule has 42 heavy (non-hydrogen) atoms. The Bertz CT molecular complexity index is 1540. The van der Waals surface area contributed by atoms with Crippen LogP contribution in [0.5, 0.6) is 5.75 Å². The Morgan fingerprint density at radius 1 is 1.21 bits per heavy atom. The molecular weight excluding hydrogens is 564 g/mol. The van der Waals surface area contributed by atoms with Crippen LogP contribution in [0.15, 0.2) is 32.9 Å². The molecule has 3 aromatic rings. The van der Waals surface area contributed by atoms with Gasteiger partial charge in [-0.2, -0.15) is 4.31 Å². The first-order valence-corrected chi connectivity index (χ1v) is 15.6. The molecule has 1 aliphatic rings. The number of aromatic amines is 1. The number of nitrogens with two attached hydrogens (primary N) is 1. The summed E-state index contributed by atoms with van der Waals surface area (Å²) in [7, 11) is -0.308. The largest absolute Gasteiger partial charge is 0.601 e. The van der Waals surface area contributed by atoms with Crippen molar-refractivity contribution in [2.75, 3.05) is 33.4 Å². The van der Waals surface area contributed by atoms with E-state index in [1.807, 2.05) is 14.0 Å². The molecule has 0 amide bonds. The van der Waals surface area contributed by atoms with Crippen LogP contribution in [-0.2, 0) is 28.3 Å². The highest BCUT2D eigenvalue weighted by Gasteiger charge is 2.30. The third kappa shape index (κ3) is 6.90. The van der Waals surface area contributed by atoms with Gasteiger partial charge in [0.15, 0.2) is 0 Å². The average molecular weight is 607 g/mol. The zero-order chi connectivity index (χ0) is 29.6. The maximum Gasteiger partial charge on any atom is 0.275 e. The zero-order valence-electron chi connectivity index (χ0n) is 24.7. The zero-order valence-corrected chi connectivity index (χ0v) is 25.5. The normalized spacial score (nSPS) is 15.0. The lowest BCUT2D eigenvalue weighted by Gasteiger charge is -2.31. The fourth-order valence-electron chi connectivity index (χ4n) is 5.41. The van der Waals surface area contributed by atoms with Gasteiger partial charge in [-0.25, -0.2) is 23.9 Å². The molecule has 13 nitrogen and oxygen atoms in total. The Balaban J connectivity index is 0.00000484. The van der Waals surface area contributed by atoms with Crippen molar-refractivity contribution in [1.82, 2.24) is 18.8 Å². The van der Waals surface area contributed by atoms with E-state index in [2.05, 4.69) is 16.9 Å². The molecule has 1 fully saturated rings. The Kier molecular flexibility index (Phi) is 11.8. The number of fused-ring (bicyclic) bond motifs is 1. The SMILES string of the molecule is CCCOc1ccc(S(=O)(=O)N2CCC(CCO[NH2+][O-])CC2)cc1-c1nc2c(CCC)c(C=NC)n(C)c2c(=O)[nH]1.O. The minimum Gasteiger partial charge on any atom is -0.601 e. The van der Waals surface area contributed by atoms with Gasteiger partial charge in [0.2, 0.25) is 10.0 Å². The Morgan fingerprint density at radius 3 is 2.60 bits per heavy atom. The van der Waals surface area contributed by atoms with Crippen molar-refractivity contribution in [1.29, 1.82) is 0 Å². The number of hydrogen-bond acceptors (Lipinski definition) is 8. The Labute approximate surface area is 245 Å². The molecule has 0 unspecified atom stereocenters. The molecule has 4 rings (SSSR count). The molecule has 5 N–H and O–H groups in total. The number of piperidine rings is 1. The minimum absolute atomic E-state index is 0. The Hall–Kier alpha value is -3.14. The molecule has 14 heteroatoms. The van der Waals surface area contributed by atoms with Gasteiger partial charge in [0.1, 0.15) is 29.2 Å². The van der Waals surface area contributed by atoms with E-state index in [-0.39, 0.29) is 21.8 Å². The summed E-state index contributed by atoms with van der Waals surface area (Å²) in [4.78, 5) is 30.2. The summed E-state index contributed by atoms with van der Waals surface area (Å²) >= 11 is 0. The van der Waals surface area contributed by atoms with Crippen LogP contribution in [0, 0.1) is 11.1 Å². The number of nitrogens with zero attached hydrogens (tertiary/aromatic N) is 4. The number of rotatable bonds is 13. The number of quaternary nitrogens is 1. The summed E-state index contributed by atoms with van der Waals surface area (Å²) < 4.78 is 36.7. The smallest absolute Gasteiger partial charge is 0.275 e. The first-order chi connectivity index (χ1) is 19.8. The lowest BCUT2D eigenvalue weighted by Crippen LogP contribution is -2.76. The second-order valence-electron chi connectivity index (χ2n) is 10.3. The summed E-state index contributed by atoms with van der Waals surface area (Å²) in [6.07, 6.45) is 6.14. The van der Waals surface area contributed by atoms with Gasteiger partial charge in [0.25, 0.3) is 5.56 Å². The van der Waals surface area contributed by atoms with Crippen molar-refractivity contribution >= 4 is 27.3 Å². The number of aryl methyl sites for hydroxylation is 2. The van der Waals surface area contributed by atoms with Crippen molar-refractivity contribution in [3.05, 3.63) is 45.0 Å². The van der Waals surface area contributed by atoms with E-state index in [0.29, 0.717) is 85.9 Å². The number of ether oxygens (including phenoxy) is 1. The summed E-state index contributed by atoms with van der Waals surface area (Å²) in [5.74, 6) is 1.00. The van der Waals surface area contributed by atoms with Crippen LogP contribution in [0.3, 0.4) is 0 Å². The Morgan fingerprint density at radius 2 is 1.95 bits per heavy atom. The van der Waals surface area contributed by atoms with Gasteiger partial charge in [0, 0.05) is 39.0 Å². The van der Waals surface area contributed by atoms with Crippen molar-refractivity contribution < 1.29 is 29.1 Å². The van der Waals surface area contributed by atoms with E-state index in [9.17, 15) is 18.4 Å². The molecule has 1 saturated heterocycles. The predicted octanol–water partition coefficient (Wildman–Crippen LogP) is 1.68. The number of nitrogens with one attached hydrogen (secondary N) is 1. The van der Waals surface area contributed by atoms with Gasteiger partial charge >= 0.3 is 0 Å². The van der Waals surface area contributed by atoms with Gasteiger partial charge in [-0.15, -0.1) is 0 Å². The minimum atomic E-state index is -3.81. The van der Waals surface area contributed by atoms with Crippen LogP contribution in [0.25, 0.3) is 22.4 Å². The van der Waals surface area contributed by atoms with E-state index in [1.165, 1.54) is 4.31 Å². The highest BCUT2D eigenvalue weighted by Crippen LogP contribution is 2.34. The summed E-state index contributed by atoms with van der Waals surface area (Å²) in [5, 5.41) is 10.4. The van der Waals surface area contributed by atoms with E-state index < -0.39 is 10.0 Å². The van der Waals surface area contributed by atoms with Crippen LogP contribution in [0.4, 0.5) is 0 Å². The molecule has 1 aliphatic heterocycles. The quantitative estimate of drug-likeness (QED) is 0.168. The molecule has 0 atom stereocenters. The molecule has 0 bridgehead atoms. The second-order valence-corrected chi connectivity index (χ2v) is 12.2. The first-order valence-electron chi connectivity index (χ1n) is 14.1. The molecule has 0 aliphatic carbocycles. The van der Waals surface area contributed by atoms with Crippen LogP contribution < -0.4 is 15.9 Å². The molecule has 3 heterocycles. The van der Waals surface area contributed by atoms with Crippen LogP contribution in [0.2, 0.25) is 0 Å². The standard InChI is InChI=1S/C28H40N6O6S.H2O/c1-5-7-21-23(18-29-3)33(4)26-25(21)30-27(31-28(26)35)22-17-20(8-9-24(22)39-15-6-2)41(37,38)34-13-10-19(11-14-34)12-16-40-32-36;/h8-9,17-19H,5-7,10-16,32H2,1-4H3,(H,30,31,35);1H2. The number of sulfonamides is 1. The molecule has 2 aromatic heterocycles. The summed E-state index contributed by atoms with van der Waals surface area (Å²) in [6, 6.07) is 4.73. The van der Waals surface area contributed by atoms with Crippen molar-refractivity contribution in [3.8, 4) is 17.1 Å². The third-order valence-electron chi connectivity index (χ3n) is 7.53. The number of benzene rings is 1. The third-order valence-corrected chi connectivity index (χ3v) is 9.42. The van der Waals surface area contributed by atoms with Crippen molar-refractivity contribution in [2.45, 2.75) is 57.3 Å².